The molecule has 0 amide bonds. The van der Waals surface area contributed by atoms with E-state index in [-0.39, 0.29) is 18.8 Å². The highest BCUT2D eigenvalue weighted by Crippen LogP contribution is 2.40. The lowest BCUT2D eigenvalue weighted by atomic mass is 9.97. The molecule has 2 aromatic heterocycles. The fourth-order valence-electron chi connectivity index (χ4n) is 4.83. The summed E-state index contributed by atoms with van der Waals surface area (Å²) in [6, 6.07) is 9.32. The highest BCUT2D eigenvalue weighted by Gasteiger charge is 2.21. The van der Waals surface area contributed by atoms with Gasteiger partial charge in [0.2, 0.25) is 0 Å². The first kappa shape index (κ1) is 27.1. The highest BCUT2D eigenvalue weighted by molar-refractivity contribution is 7.18. The molecule has 9 heteroatoms. The van der Waals surface area contributed by atoms with E-state index in [1.807, 2.05) is 31.2 Å². The molecule has 2 aromatic carbocycles. The third-order valence-corrected chi connectivity index (χ3v) is 8.07. The van der Waals surface area contributed by atoms with Crippen molar-refractivity contribution in [1.29, 1.82) is 0 Å². The van der Waals surface area contributed by atoms with Gasteiger partial charge in [0.25, 0.3) is 5.56 Å². The minimum Gasteiger partial charge on any atom is -0.493 e. The van der Waals surface area contributed by atoms with Crippen LogP contribution in [0.25, 0.3) is 21.6 Å². The van der Waals surface area contributed by atoms with E-state index in [0.29, 0.717) is 46.0 Å². The van der Waals surface area contributed by atoms with E-state index in [0.717, 1.165) is 53.4 Å². The molecule has 0 atom stereocenters. The Morgan fingerprint density at radius 3 is 2.69 bits per heavy atom. The van der Waals surface area contributed by atoms with Crippen LogP contribution >= 0.6 is 22.9 Å². The molecule has 7 nitrogen and oxygen atoms in total. The van der Waals surface area contributed by atoms with Gasteiger partial charge < -0.3 is 23.9 Å². The largest absolute Gasteiger partial charge is 0.493 e. The quantitative estimate of drug-likeness (QED) is 0.159. The Morgan fingerprint density at radius 1 is 1.08 bits per heavy atom. The van der Waals surface area contributed by atoms with E-state index in [1.54, 1.807) is 30.6 Å². The number of nitrogens with zero attached hydrogens (tertiary/aromatic N) is 1. The van der Waals surface area contributed by atoms with Gasteiger partial charge in [-0.1, -0.05) is 23.7 Å². The second-order valence-electron chi connectivity index (χ2n) is 9.20. The van der Waals surface area contributed by atoms with Gasteiger partial charge in [0.05, 0.1) is 24.1 Å². The van der Waals surface area contributed by atoms with Crippen LogP contribution < -0.4 is 24.5 Å². The summed E-state index contributed by atoms with van der Waals surface area (Å²) in [5.41, 5.74) is 2.79. The molecule has 5 rings (SSSR count). The second-order valence-corrected chi connectivity index (χ2v) is 10.7. The summed E-state index contributed by atoms with van der Waals surface area (Å²) < 4.78 is 23.2. The lowest BCUT2D eigenvalue weighted by Gasteiger charge is -2.16. The molecular formula is C30H31ClN2O5S. The molecule has 0 bridgehead atoms. The summed E-state index contributed by atoms with van der Waals surface area (Å²) in [6.45, 7) is 6.59. The number of thiophene rings is 1. The molecule has 0 aliphatic heterocycles. The highest BCUT2D eigenvalue weighted by atomic mass is 35.5. The molecule has 0 saturated heterocycles. The zero-order chi connectivity index (χ0) is 27.4. The number of ether oxygens (including phenoxy) is 4. The Morgan fingerprint density at radius 2 is 1.90 bits per heavy atom. The predicted octanol–water partition coefficient (Wildman–Crippen LogP) is 6.78. The number of fused-ring (bicyclic) bond motifs is 3. The van der Waals surface area contributed by atoms with Crippen LogP contribution in [0.1, 0.15) is 35.8 Å². The Labute approximate surface area is 236 Å². The lowest BCUT2D eigenvalue weighted by molar-refractivity contribution is 0.203. The van der Waals surface area contributed by atoms with Gasteiger partial charge >= 0.3 is 0 Å². The van der Waals surface area contributed by atoms with Gasteiger partial charge in [0.15, 0.2) is 23.0 Å². The van der Waals surface area contributed by atoms with Gasteiger partial charge in [-0.15, -0.1) is 17.9 Å². The molecule has 2 heterocycles. The Balaban J connectivity index is 1.34. The van der Waals surface area contributed by atoms with E-state index in [2.05, 4.69) is 11.6 Å². The number of benzene rings is 2. The number of nitrogens with one attached hydrogen (secondary N) is 1. The van der Waals surface area contributed by atoms with E-state index < -0.39 is 0 Å². The second kappa shape index (κ2) is 12.1. The van der Waals surface area contributed by atoms with Gasteiger partial charge in [-0.25, -0.2) is 4.98 Å². The minimum absolute atomic E-state index is 0.117. The summed E-state index contributed by atoms with van der Waals surface area (Å²) in [7, 11) is 1.61. The lowest BCUT2D eigenvalue weighted by Crippen LogP contribution is -2.12. The number of aromatic amines is 1. The van der Waals surface area contributed by atoms with E-state index in [1.165, 1.54) is 4.88 Å². The van der Waals surface area contributed by atoms with Gasteiger partial charge in [0, 0.05) is 10.4 Å². The minimum atomic E-state index is -0.117. The maximum atomic E-state index is 13.1. The van der Waals surface area contributed by atoms with Crippen LogP contribution in [-0.2, 0) is 19.3 Å². The molecule has 4 aromatic rings. The van der Waals surface area contributed by atoms with Crippen molar-refractivity contribution in [2.75, 3.05) is 26.9 Å². The molecule has 1 aliphatic rings. The number of aromatic nitrogens is 2. The van der Waals surface area contributed by atoms with Crippen molar-refractivity contribution in [1.82, 2.24) is 9.97 Å². The van der Waals surface area contributed by atoms with Crippen molar-refractivity contribution in [3.63, 3.8) is 0 Å². The van der Waals surface area contributed by atoms with Crippen LogP contribution in [0.2, 0.25) is 5.02 Å². The summed E-state index contributed by atoms with van der Waals surface area (Å²) in [5, 5.41) is 1.08. The number of hydrogen-bond acceptors (Lipinski definition) is 7. The topological polar surface area (TPSA) is 82.7 Å². The van der Waals surface area contributed by atoms with Gasteiger partial charge in [-0.05, 0) is 74.4 Å². The number of halogens is 1. The molecule has 0 unspecified atom stereocenters. The van der Waals surface area contributed by atoms with Crippen molar-refractivity contribution in [3.05, 3.63) is 74.4 Å². The van der Waals surface area contributed by atoms with Gasteiger partial charge in [-0.3, -0.25) is 4.79 Å². The van der Waals surface area contributed by atoms with Crippen LogP contribution in [0.3, 0.4) is 0 Å². The molecule has 204 valence electrons. The molecule has 0 radical (unpaired) electrons. The van der Waals surface area contributed by atoms with Crippen LogP contribution in [0.15, 0.2) is 47.8 Å². The molecule has 1 aliphatic carbocycles. The fourth-order valence-corrected chi connectivity index (χ4v) is 6.36. The molecule has 0 saturated carbocycles. The van der Waals surface area contributed by atoms with Crippen LogP contribution in [-0.4, -0.2) is 36.9 Å². The summed E-state index contributed by atoms with van der Waals surface area (Å²) >= 11 is 8.28. The summed E-state index contributed by atoms with van der Waals surface area (Å²) in [6.07, 6.45) is 6.79. The standard InChI is InChI=1S/C30H31ClN2O5S/c1-4-8-18-11-12-22(23(15-18)35-3)37-13-14-38-27-21(31)16-19(17-24(27)36-5-2)28-32-29(34)26-20-9-6-7-10-25(20)39-30(26)33-28/h4,11-12,15-17H,1,5-10,13-14H2,2-3H3,(H,32,33,34). The Kier molecular flexibility index (Phi) is 8.43. The first-order valence-corrected chi connectivity index (χ1v) is 14.3. The van der Waals surface area contributed by atoms with Gasteiger partial charge in [0.1, 0.15) is 23.9 Å². The number of aryl methyl sites for hydroxylation is 2. The number of rotatable bonds is 11. The van der Waals surface area contributed by atoms with E-state index >= 15 is 0 Å². The average Bonchev–Trinajstić information content (AvgIpc) is 3.32. The SMILES string of the molecule is C=CCc1ccc(OCCOc2c(Cl)cc(-c3nc4sc5c(c4c(=O)[nH]3)CCCC5)cc2OCC)c(OC)c1. The zero-order valence-corrected chi connectivity index (χ0v) is 23.7. The first-order chi connectivity index (χ1) is 19.0. The van der Waals surface area contributed by atoms with Crippen molar-refractivity contribution < 1.29 is 18.9 Å². The van der Waals surface area contributed by atoms with Crippen molar-refractivity contribution in [2.24, 2.45) is 0 Å². The number of H-pyrrole nitrogens is 1. The van der Waals surface area contributed by atoms with Gasteiger partial charge in [-0.2, -0.15) is 0 Å². The summed E-state index contributed by atoms with van der Waals surface area (Å²) in [5.74, 6) is 2.61. The van der Waals surface area contributed by atoms with E-state index in [4.69, 9.17) is 35.5 Å². The first-order valence-electron chi connectivity index (χ1n) is 13.1. The van der Waals surface area contributed by atoms with Crippen molar-refractivity contribution in [3.8, 4) is 34.4 Å². The molecular weight excluding hydrogens is 536 g/mol. The van der Waals surface area contributed by atoms with Crippen LogP contribution in [0.4, 0.5) is 0 Å². The predicted molar refractivity (Wildman–Crippen MR) is 156 cm³/mol. The molecule has 1 N–H and O–H groups in total. The molecule has 0 fully saturated rings. The smallest absolute Gasteiger partial charge is 0.260 e. The Hall–Kier alpha value is -3.49. The Bertz CT molecular complexity index is 1560. The van der Waals surface area contributed by atoms with Crippen molar-refractivity contribution >= 4 is 33.2 Å². The van der Waals surface area contributed by atoms with E-state index in [9.17, 15) is 4.79 Å². The number of allylic oxidation sites excluding steroid dienone is 1. The molecule has 39 heavy (non-hydrogen) atoms. The monoisotopic (exact) mass is 566 g/mol. The summed E-state index contributed by atoms with van der Waals surface area (Å²) in [4.78, 5) is 22.8. The maximum Gasteiger partial charge on any atom is 0.260 e. The fraction of sp³-hybridized carbons (Fsp3) is 0.333. The number of methoxy groups -OCH3 is 1. The normalized spacial score (nSPS) is 12.7. The van der Waals surface area contributed by atoms with Crippen LogP contribution in [0.5, 0.6) is 23.0 Å². The zero-order valence-electron chi connectivity index (χ0n) is 22.1. The third-order valence-electron chi connectivity index (χ3n) is 6.60. The third kappa shape index (κ3) is 5.77. The number of hydrogen-bond donors (Lipinski definition) is 1. The molecule has 0 spiro atoms. The average molecular weight is 567 g/mol. The van der Waals surface area contributed by atoms with Crippen LogP contribution in [0, 0.1) is 0 Å². The maximum absolute atomic E-state index is 13.1. The van der Waals surface area contributed by atoms with Crippen molar-refractivity contribution in [2.45, 2.75) is 39.0 Å².